The summed E-state index contributed by atoms with van der Waals surface area (Å²) in [5.41, 5.74) is -0.0368. The molecule has 0 aliphatic heterocycles. The largest absolute Gasteiger partial charge is 0.514 e. The molecule has 22 heavy (non-hydrogen) atoms. The van der Waals surface area contributed by atoms with Crippen molar-refractivity contribution in [2.24, 2.45) is 0 Å². The van der Waals surface area contributed by atoms with Gasteiger partial charge in [-0.1, -0.05) is 46.9 Å². The molecule has 116 valence electrons. The van der Waals surface area contributed by atoms with Crippen LogP contribution in [-0.2, 0) is 4.74 Å². The number of carboxylic acids is 1. The highest BCUT2D eigenvalue weighted by molar-refractivity contribution is 6.67. The van der Waals surface area contributed by atoms with Gasteiger partial charge in [0.05, 0.1) is 0 Å². The van der Waals surface area contributed by atoms with Crippen molar-refractivity contribution >= 4 is 57.8 Å². The number of carbonyl (C=O) groups is 2. The van der Waals surface area contributed by atoms with E-state index in [4.69, 9.17) is 39.5 Å². The summed E-state index contributed by atoms with van der Waals surface area (Å²) in [6.45, 7) is -0.545. The van der Waals surface area contributed by atoms with Gasteiger partial charge in [-0.15, -0.1) is 0 Å². The molecule has 0 saturated heterocycles. The lowest BCUT2D eigenvalue weighted by Gasteiger charge is -2.13. The van der Waals surface area contributed by atoms with Crippen LogP contribution in [0.4, 0.5) is 4.79 Å². The first-order valence-corrected chi connectivity index (χ1v) is 6.94. The van der Waals surface area contributed by atoms with Crippen molar-refractivity contribution in [1.82, 2.24) is 4.98 Å². The van der Waals surface area contributed by atoms with E-state index in [0.29, 0.717) is 5.39 Å². The van der Waals surface area contributed by atoms with Gasteiger partial charge in [-0.25, -0.2) is 9.59 Å². The van der Waals surface area contributed by atoms with E-state index in [1.54, 1.807) is 18.2 Å². The first-order valence-electron chi connectivity index (χ1n) is 5.80. The summed E-state index contributed by atoms with van der Waals surface area (Å²) in [6.07, 6.45) is 0.236. The molecule has 9 heteroatoms. The van der Waals surface area contributed by atoms with Crippen LogP contribution in [0.25, 0.3) is 10.9 Å². The Kier molecular flexibility index (Phi) is 4.95. The molecule has 0 fully saturated rings. The molecule has 1 aromatic heterocycles. The fourth-order valence-corrected chi connectivity index (χ4v) is 1.81. The number of carbonyl (C=O) groups excluding carboxylic acids is 1. The van der Waals surface area contributed by atoms with Crippen LogP contribution in [0.5, 0.6) is 5.75 Å². The summed E-state index contributed by atoms with van der Waals surface area (Å²) in [4.78, 5) is 26.9. The van der Waals surface area contributed by atoms with Crippen molar-refractivity contribution in [3.05, 3.63) is 36.0 Å². The quantitative estimate of drug-likeness (QED) is 0.506. The molecule has 1 heterocycles. The molecule has 0 unspecified atom stereocenters. The minimum atomic E-state index is -1.80. The molecule has 1 aromatic carbocycles. The number of fused-ring (bicyclic) bond motifs is 1. The van der Waals surface area contributed by atoms with Crippen LogP contribution < -0.4 is 4.74 Å². The average molecular weight is 365 g/mol. The Labute approximate surface area is 139 Å². The highest BCUT2D eigenvalue weighted by Gasteiger charge is 2.25. The highest BCUT2D eigenvalue weighted by atomic mass is 35.6. The van der Waals surface area contributed by atoms with Gasteiger partial charge < -0.3 is 14.6 Å². The minimum absolute atomic E-state index is 0.202. The van der Waals surface area contributed by atoms with Gasteiger partial charge in [-0.2, -0.15) is 0 Å². The highest BCUT2D eigenvalue weighted by Crippen LogP contribution is 2.30. The molecule has 0 spiro atoms. The molecule has 6 nitrogen and oxygen atoms in total. The smallest absolute Gasteiger partial charge is 0.478 e. The number of pyridine rings is 1. The maximum atomic E-state index is 11.6. The van der Waals surface area contributed by atoms with Crippen molar-refractivity contribution in [1.29, 1.82) is 0 Å². The number of halogens is 3. The molecular formula is C13H8Cl3NO5. The van der Waals surface area contributed by atoms with Crippen molar-refractivity contribution in [3.8, 4) is 5.75 Å². The Balaban J connectivity index is 2.34. The zero-order chi connectivity index (χ0) is 16.3. The molecule has 0 bridgehead atoms. The van der Waals surface area contributed by atoms with Crippen molar-refractivity contribution in [3.63, 3.8) is 0 Å². The lowest BCUT2D eigenvalue weighted by molar-refractivity contribution is 0.0690. The zero-order valence-electron chi connectivity index (χ0n) is 10.8. The summed E-state index contributed by atoms with van der Waals surface area (Å²) in [6, 6.07) is 6.19. The third-order valence-corrected chi connectivity index (χ3v) is 2.82. The number of carboxylic acid groups (broad SMARTS) is 1. The number of nitrogens with zero attached hydrogens (tertiary/aromatic N) is 1. The monoisotopic (exact) mass is 363 g/mol. The fraction of sp³-hybridized carbons (Fsp3) is 0.154. The predicted octanol–water partition coefficient (Wildman–Crippen LogP) is 3.82. The Morgan fingerprint density at radius 2 is 1.95 bits per heavy atom. The lowest BCUT2D eigenvalue weighted by Crippen LogP contribution is -2.20. The number of hydrogen-bond acceptors (Lipinski definition) is 5. The van der Waals surface area contributed by atoms with Crippen LogP contribution in [0.1, 0.15) is 10.4 Å². The second-order valence-electron chi connectivity index (χ2n) is 4.08. The summed E-state index contributed by atoms with van der Waals surface area (Å²) >= 11 is 16.3. The molecule has 0 saturated carbocycles. The predicted molar refractivity (Wildman–Crippen MR) is 81.0 cm³/mol. The number of ether oxygens (including phenoxy) is 2. The maximum Gasteiger partial charge on any atom is 0.514 e. The van der Waals surface area contributed by atoms with Gasteiger partial charge in [-0.3, -0.25) is 4.98 Å². The molecule has 2 aromatic rings. The van der Waals surface area contributed by atoms with Crippen molar-refractivity contribution < 1.29 is 24.2 Å². The van der Waals surface area contributed by atoms with E-state index in [9.17, 15) is 14.7 Å². The second-order valence-corrected chi connectivity index (χ2v) is 6.59. The molecule has 0 atom stereocenters. The summed E-state index contributed by atoms with van der Waals surface area (Å²) < 4.78 is 7.75. The van der Waals surface area contributed by atoms with E-state index in [1.807, 2.05) is 0 Å². The van der Waals surface area contributed by atoms with Gasteiger partial charge in [0.2, 0.25) is 3.79 Å². The van der Waals surface area contributed by atoms with Crippen LogP contribution in [0.15, 0.2) is 30.5 Å². The summed E-state index contributed by atoms with van der Waals surface area (Å²) in [5, 5.41) is 9.77. The van der Waals surface area contributed by atoms with Crippen molar-refractivity contribution in [2.75, 3.05) is 6.61 Å². The van der Waals surface area contributed by atoms with Gasteiger partial charge in [0.15, 0.2) is 5.75 Å². The first kappa shape index (κ1) is 16.6. The molecule has 0 aliphatic rings. The molecule has 0 aliphatic carbocycles. The summed E-state index contributed by atoms with van der Waals surface area (Å²) in [5.74, 6) is -1.52. The molecular weight excluding hydrogens is 357 g/mol. The fourth-order valence-electron chi connectivity index (χ4n) is 1.64. The van der Waals surface area contributed by atoms with Crippen LogP contribution in [-0.4, -0.2) is 32.6 Å². The van der Waals surface area contributed by atoms with Gasteiger partial charge in [-0.05, 0) is 12.1 Å². The lowest BCUT2D eigenvalue weighted by atomic mass is 10.1. The normalized spacial score (nSPS) is 11.2. The third-order valence-electron chi connectivity index (χ3n) is 2.50. The van der Waals surface area contributed by atoms with E-state index in [-0.39, 0.29) is 16.8 Å². The summed E-state index contributed by atoms with van der Waals surface area (Å²) in [7, 11) is 0. The molecule has 0 amide bonds. The number of benzene rings is 1. The zero-order valence-corrected chi connectivity index (χ0v) is 13.0. The van der Waals surface area contributed by atoms with E-state index < -0.39 is 22.5 Å². The first-order chi connectivity index (χ1) is 10.3. The molecule has 1 N–H and O–H groups in total. The number of alkyl halides is 3. The van der Waals surface area contributed by atoms with Gasteiger partial charge in [0, 0.05) is 11.6 Å². The van der Waals surface area contributed by atoms with E-state index >= 15 is 0 Å². The van der Waals surface area contributed by atoms with Crippen LogP contribution >= 0.6 is 34.8 Å². The van der Waals surface area contributed by atoms with E-state index in [1.165, 1.54) is 12.3 Å². The number of hydrogen-bond donors (Lipinski definition) is 1. The van der Waals surface area contributed by atoms with Crippen LogP contribution in [0, 0.1) is 0 Å². The number of aromatic nitrogens is 1. The van der Waals surface area contributed by atoms with E-state index in [2.05, 4.69) is 9.72 Å². The third kappa shape index (κ3) is 4.13. The van der Waals surface area contributed by atoms with Gasteiger partial charge >= 0.3 is 12.1 Å². The van der Waals surface area contributed by atoms with Crippen molar-refractivity contribution in [2.45, 2.75) is 3.79 Å². The van der Waals surface area contributed by atoms with Crippen LogP contribution in [0.2, 0.25) is 0 Å². The number of aromatic carboxylic acids is 1. The Bertz CT molecular complexity index is 729. The van der Waals surface area contributed by atoms with Gasteiger partial charge in [0.1, 0.15) is 17.7 Å². The van der Waals surface area contributed by atoms with Crippen LogP contribution in [0.3, 0.4) is 0 Å². The Morgan fingerprint density at radius 1 is 1.23 bits per heavy atom. The Hall–Kier alpha value is -1.76. The standard InChI is InChI=1S/C13H8Cl3NO5/c14-13(15,16)6-21-12(20)22-10-8(11(18)19)4-3-7-2-1-5-17-9(7)10/h1-5H,6H2,(H,18,19). The topological polar surface area (TPSA) is 85.7 Å². The molecule has 0 radical (unpaired) electrons. The SMILES string of the molecule is O=C(OCC(Cl)(Cl)Cl)Oc1c(C(=O)O)ccc2cccnc12. The number of rotatable bonds is 3. The Morgan fingerprint density at radius 3 is 2.59 bits per heavy atom. The second kappa shape index (κ2) is 6.56. The van der Waals surface area contributed by atoms with E-state index in [0.717, 1.165) is 0 Å². The average Bonchev–Trinajstić information content (AvgIpc) is 2.44. The minimum Gasteiger partial charge on any atom is -0.478 e. The maximum absolute atomic E-state index is 11.6. The van der Waals surface area contributed by atoms with Gasteiger partial charge in [0.25, 0.3) is 0 Å². The molecule has 2 rings (SSSR count).